The number of anilines is 2. The van der Waals surface area contributed by atoms with Gasteiger partial charge in [-0.3, -0.25) is 9.78 Å². The predicted octanol–water partition coefficient (Wildman–Crippen LogP) is 5.39. The summed E-state index contributed by atoms with van der Waals surface area (Å²) in [5, 5.41) is 8.12. The standard InChI is InChI=1S/C21H18ClFN4O3S/c1-24-20(28)18-11-14(7-8-25-18)30-13-4-6-17(16(23)10-13)27-21(29)26-12-3-5-15(22)19(9-12)31-2/h3-11H,1-2H3,(H,24,28)(H2,26,27,29). The van der Waals surface area contributed by atoms with Crippen LogP contribution in [0.5, 0.6) is 11.5 Å². The highest BCUT2D eigenvalue weighted by Gasteiger charge is 2.11. The first kappa shape index (κ1) is 22.4. The van der Waals surface area contributed by atoms with Crippen molar-refractivity contribution in [1.82, 2.24) is 10.3 Å². The molecule has 0 unspecified atom stereocenters. The van der Waals surface area contributed by atoms with E-state index in [1.807, 2.05) is 6.26 Å². The molecular weight excluding hydrogens is 443 g/mol. The summed E-state index contributed by atoms with van der Waals surface area (Å²) in [5.74, 6) is -0.541. The average Bonchev–Trinajstić information content (AvgIpc) is 2.76. The van der Waals surface area contributed by atoms with Crippen molar-refractivity contribution in [3.8, 4) is 11.5 Å². The second-order valence-corrected chi connectivity index (χ2v) is 7.38. The summed E-state index contributed by atoms with van der Waals surface area (Å²) >= 11 is 7.50. The minimum atomic E-state index is -0.686. The Hall–Kier alpha value is -3.30. The van der Waals surface area contributed by atoms with E-state index in [0.29, 0.717) is 16.5 Å². The van der Waals surface area contributed by atoms with Crippen molar-refractivity contribution in [3.63, 3.8) is 0 Å². The van der Waals surface area contributed by atoms with Gasteiger partial charge in [0.05, 0.1) is 10.7 Å². The highest BCUT2D eigenvalue weighted by Crippen LogP contribution is 2.29. The molecule has 10 heteroatoms. The number of carbonyl (C=O) groups excluding carboxylic acids is 2. The van der Waals surface area contributed by atoms with Gasteiger partial charge in [0, 0.05) is 36.0 Å². The smallest absolute Gasteiger partial charge is 0.323 e. The Morgan fingerprint density at radius 2 is 1.84 bits per heavy atom. The number of ether oxygens (including phenoxy) is 1. The molecule has 2 aromatic carbocycles. The van der Waals surface area contributed by atoms with Crippen molar-refractivity contribution in [3.05, 3.63) is 71.3 Å². The molecule has 31 heavy (non-hydrogen) atoms. The lowest BCUT2D eigenvalue weighted by Crippen LogP contribution is -2.20. The number of thioether (sulfide) groups is 1. The number of halogens is 2. The maximum Gasteiger partial charge on any atom is 0.323 e. The highest BCUT2D eigenvalue weighted by molar-refractivity contribution is 7.98. The predicted molar refractivity (Wildman–Crippen MR) is 120 cm³/mol. The third-order valence-electron chi connectivity index (χ3n) is 4.02. The lowest BCUT2D eigenvalue weighted by Gasteiger charge is -2.11. The van der Waals surface area contributed by atoms with Crippen LogP contribution in [0, 0.1) is 5.82 Å². The summed E-state index contributed by atoms with van der Waals surface area (Å²) in [5.41, 5.74) is 0.670. The molecule has 3 aromatic rings. The number of pyridine rings is 1. The van der Waals surface area contributed by atoms with E-state index >= 15 is 0 Å². The third-order valence-corrected chi connectivity index (χ3v) is 5.24. The summed E-state index contributed by atoms with van der Waals surface area (Å²) in [4.78, 5) is 28.6. The zero-order valence-corrected chi connectivity index (χ0v) is 18.1. The van der Waals surface area contributed by atoms with E-state index < -0.39 is 11.8 Å². The van der Waals surface area contributed by atoms with Crippen LogP contribution in [0.15, 0.2) is 59.6 Å². The van der Waals surface area contributed by atoms with Crippen molar-refractivity contribution in [1.29, 1.82) is 0 Å². The number of rotatable bonds is 6. The largest absolute Gasteiger partial charge is 0.457 e. The molecule has 0 aliphatic rings. The summed E-state index contributed by atoms with van der Waals surface area (Å²) in [6.07, 6.45) is 3.28. The maximum atomic E-state index is 14.5. The van der Waals surface area contributed by atoms with Crippen molar-refractivity contribution < 1.29 is 18.7 Å². The number of nitrogens with one attached hydrogen (secondary N) is 3. The number of aromatic nitrogens is 1. The van der Waals surface area contributed by atoms with Gasteiger partial charge >= 0.3 is 6.03 Å². The van der Waals surface area contributed by atoms with Crippen molar-refractivity contribution in [2.75, 3.05) is 23.9 Å². The molecule has 3 rings (SSSR count). The van der Waals surface area contributed by atoms with Gasteiger partial charge in [-0.1, -0.05) is 11.6 Å². The second kappa shape index (κ2) is 10.1. The molecule has 1 aromatic heterocycles. The molecule has 3 amide bonds. The van der Waals surface area contributed by atoms with Crippen LogP contribution in [0.2, 0.25) is 5.02 Å². The van der Waals surface area contributed by atoms with Crippen LogP contribution in [-0.4, -0.2) is 30.2 Å². The topological polar surface area (TPSA) is 92.4 Å². The first-order valence-electron chi connectivity index (χ1n) is 8.96. The quantitative estimate of drug-likeness (QED) is 0.429. The summed E-state index contributed by atoms with van der Waals surface area (Å²) < 4.78 is 20.0. The number of benzene rings is 2. The van der Waals surface area contributed by atoms with Gasteiger partial charge in [0.15, 0.2) is 0 Å². The lowest BCUT2D eigenvalue weighted by molar-refractivity contribution is 0.0958. The molecule has 3 N–H and O–H groups in total. The molecular formula is C21H18ClFN4O3S. The second-order valence-electron chi connectivity index (χ2n) is 6.13. The molecule has 0 aliphatic carbocycles. The Bertz CT molecular complexity index is 1130. The van der Waals surface area contributed by atoms with Gasteiger partial charge in [0.2, 0.25) is 0 Å². The molecule has 0 fully saturated rings. The molecule has 0 atom stereocenters. The van der Waals surface area contributed by atoms with Gasteiger partial charge in [-0.15, -0.1) is 11.8 Å². The number of nitrogens with zero attached hydrogens (tertiary/aromatic N) is 1. The highest BCUT2D eigenvalue weighted by atomic mass is 35.5. The Labute approximate surface area is 187 Å². The number of urea groups is 1. The minimum absolute atomic E-state index is 0.0234. The van der Waals surface area contributed by atoms with Crippen LogP contribution in [0.1, 0.15) is 10.5 Å². The normalized spacial score (nSPS) is 10.3. The average molecular weight is 461 g/mol. The van der Waals surface area contributed by atoms with E-state index in [4.69, 9.17) is 16.3 Å². The summed E-state index contributed by atoms with van der Waals surface area (Å²) in [7, 11) is 1.49. The summed E-state index contributed by atoms with van der Waals surface area (Å²) in [6.45, 7) is 0. The Morgan fingerprint density at radius 3 is 2.55 bits per heavy atom. The fraction of sp³-hybridized carbons (Fsp3) is 0.0952. The van der Waals surface area contributed by atoms with E-state index in [-0.39, 0.29) is 23.0 Å². The Morgan fingerprint density at radius 1 is 1.06 bits per heavy atom. The monoisotopic (exact) mass is 460 g/mol. The Balaban J connectivity index is 1.67. The van der Waals surface area contributed by atoms with E-state index in [0.717, 1.165) is 11.0 Å². The molecule has 0 bridgehead atoms. The molecule has 160 valence electrons. The fourth-order valence-electron chi connectivity index (χ4n) is 2.55. The third kappa shape index (κ3) is 5.87. The molecule has 0 radical (unpaired) electrons. The van der Waals surface area contributed by atoms with Gasteiger partial charge in [0.25, 0.3) is 5.91 Å². The fourth-order valence-corrected chi connectivity index (χ4v) is 3.40. The summed E-state index contributed by atoms with van der Waals surface area (Å²) in [6, 6.07) is 11.4. The number of amides is 3. The van der Waals surface area contributed by atoms with Crippen LogP contribution in [0.4, 0.5) is 20.6 Å². The first-order valence-corrected chi connectivity index (χ1v) is 10.6. The maximum absolute atomic E-state index is 14.5. The van der Waals surface area contributed by atoms with Gasteiger partial charge in [-0.25, -0.2) is 9.18 Å². The van der Waals surface area contributed by atoms with Crippen molar-refractivity contribution >= 4 is 46.7 Å². The van der Waals surface area contributed by atoms with Crippen LogP contribution in [0.3, 0.4) is 0 Å². The SMILES string of the molecule is CNC(=O)c1cc(Oc2ccc(NC(=O)Nc3ccc(Cl)c(SC)c3)c(F)c2)ccn1. The molecule has 0 aliphatic heterocycles. The molecule has 0 saturated heterocycles. The van der Waals surface area contributed by atoms with Crippen LogP contribution < -0.4 is 20.7 Å². The molecule has 0 saturated carbocycles. The molecule has 1 heterocycles. The van der Waals surface area contributed by atoms with Crippen molar-refractivity contribution in [2.45, 2.75) is 4.90 Å². The van der Waals surface area contributed by atoms with Gasteiger partial charge in [-0.05, 0) is 42.7 Å². The van der Waals surface area contributed by atoms with E-state index in [2.05, 4.69) is 20.9 Å². The van der Waals surface area contributed by atoms with Gasteiger partial charge < -0.3 is 20.7 Å². The van der Waals surface area contributed by atoms with Gasteiger partial charge in [0.1, 0.15) is 23.0 Å². The number of carbonyl (C=O) groups is 2. The lowest BCUT2D eigenvalue weighted by atomic mass is 10.2. The van der Waals surface area contributed by atoms with E-state index in [9.17, 15) is 14.0 Å². The Kier molecular flexibility index (Phi) is 7.32. The molecule has 0 spiro atoms. The zero-order valence-electron chi connectivity index (χ0n) is 16.5. The van der Waals surface area contributed by atoms with E-state index in [1.165, 1.54) is 43.2 Å². The van der Waals surface area contributed by atoms with Gasteiger partial charge in [-0.2, -0.15) is 0 Å². The van der Waals surface area contributed by atoms with Crippen LogP contribution in [-0.2, 0) is 0 Å². The van der Waals surface area contributed by atoms with Crippen LogP contribution in [0.25, 0.3) is 0 Å². The molecule has 7 nitrogen and oxygen atoms in total. The number of hydrogen-bond acceptors (Lipinski definition) is 5. The minimum Gasteiger partial charge on any atom is -0.457 e. The van der Waals surface area contributed by atoms with E-state index in [1.54, 1.807) is 24.3 Å². The zero-order chi connectivity index (χ0) is 22.4. The number of hydrogen-bond donors (Lipinski definition) is 3. The first-order chi connectivity index (χ1) is 14.9. The van der Waals surface area contributed by atoms with Crippen LogP contribution >= 0.6 is 23.4 Å². The van der Waals surface area contributed by atoms with Crippen molar-refractivity contribution in [2.24, 2.45) is 0 Å².